The average Bonchev–Trinajstić information content (AvgIpc) is 2.16. The minimum absolute atomic E-state index is 0.849. The molecular formula is C12H23N. The molecule has 0 heterocycles. The van der Waals surface area contributed by atoms with Crippen LogP contribution in [0.3, 0.4) is 0 Å². The van der Waals surface area contributed by atoms with E-state index in [4.69, 9.17) is 12.2 Å². The van der Waals surface area contributed by atoms with Crippen molar-refractivity contribution in [3.63, 3.8) is 0 Å². The van der Waals surface area contributed by atoms with Crippen molar-refractivity contribution in [1.29, 1.82) is 0 Å². The zero-order chi connectivity index (χ0) is 9.78. The first-order chi connectivity index (χ1) is 6.41. The third-order valence-corrected chi connectivity index (χ3v) is 2.28. The predicted octanol–water partition coefficient (Wildman–Crippen LogP) is 3.09. The molecule has 1 nitrogen and oxygen atoms in total. The Morgan fingerprint density at radius 3 is 1.69 bits per heavy atom. The molecule has 76 valence electrons. The zero-order valence-electron chi connectivity index (χ0n) is 8.73. The molecule has 0 fully saturated rings. The quantitative estimate of drug-likeness (QED) is 0.429. The average molecular weight is 181 g/mol. The lowest BCUT2D eigenvalue weighted by atomic mass is 10.1. The van der Waals surface area contributed by atoms with E-state index in [9.17, 15) is 0 Å². The number of nitrogens with two attached hydrogens (primary N) is 1. The van der Waals surface area contributed by atoms with Crippen molar-refractivity contribution in [1.82, 2.24) is 0 Å². The SMILES string of the molecule is C#CCCCCCCCCCCN. The van der Waals surface area contributed by atoms with Crippen LogP contribution in [-0.2, 0) is 0 Å². The fourth-order valence-electron chi connectivity index (χ4n) is 1.43. The fourth-order valence-corrected chi connectivity index (χ4v) is 1.43. The van der Waals surface area contributed by atoms with Crippen LogP contribution in [0.1, 0.15) is 57.8 Å². The second-order valence-corrected chi connectivity index (χ2v) is 3.57. The summed E-state index contributed by atoms with van der Waals surface area (Å²) < 4.78 is 0. The van der Waals surface area contributed by atoms with E-state index in [0.717, 1.165) is 13.0 Å². The van der Waals surface area contributed by atoms with Crippen LogP contribution < -0.4 is 5.73 Å². The van der Waals surface area contributed by atoms with Crippen molar-refractivity contribution in [3.05, 3.63) is 0 Å². The topological polar surface area (TPSA) is 26.0 Å². The molecule has 0 saturated carbocycles. The smallest absolute Gasteiger partial charge is 0.00860 e. The summed E-state index contributed by atoms with van der Waals surface area (Å²) in [6.45, 7) is 0.849. The van der Waals surface area contributed by atoms with Crippen molar-refractivity contribution in [3.8, 4) is 12.3 Å². The first-order valence-electron chi connectivity index (χ1n) is 5.55. The Balaban J connectivity index is 2.80. The van der Waals surface area contributed by atoms with Crippen LogP contribution >= 0.6 is 0 Å². The van der Waals surface area contributed by atoms with Crippen LogP contribution in [0, 0.1) is 12.3 Å². The summed E-state index contributed by atoms with van der Waals surface area (Å²) in [7, 11) is 0. The first-order valence-corrected chi connectivity index (χ1v) is 5.55. The van der Waals surface area contributed by atoms with Crippen LogP contribution in [-0.4, -0.2) is 6.54 Å². The molecule has 0 bridgehead atoms. The van der Waals surface area contributed by atoms with Gasteiger partial charge in [0.2, 0.25) is 0 Å². The molecule has 2 N–H and O–H groups in total. The molecule has 0 unspecified atom stereocenters. The summed E-state index contributed by atoms with van der Waals surface area (Å²) in [6.07, 6.45) is 16.6. The molecule has 0 aromatic carbocycles. The standard InChI is InChI=1S/C12H23N/c1-2-3-4-5-6-7-8-9-10-11-12-13/h1H,3-13H2. The van der Waals surface area contributed by atoms with Crippen molar-refractivity contribution in [2.45, 2.75) is 57.8 Å². The van der Waals surface area contributed by atoms with E-state index >= 15 is 0 Å². The monoisotopic (exact) mass is 181 g/mol. The van der Waals surface area contributed by atoms with Gasteiger partial charge < -0.3 is 5.73 Å². The highest BCUT2D eigenvalue weighted by Crippen LogP contribution is 2.08. The van der Waals surface area contributed by atoms with Gasteiger partial charge in [-0.05, 0) is 19.4 Å². The van der Waals surface area contributed by atoms with Gasteiger partial charge >= 0.3 is 0 Å². The summed E-state index contributed by atoms with van der Waals surface area (Å²) in [6, 6.07) is 0. The van der Waals surface area contributed by atoms with Gasteiger partial charge in [-0.25, -0.2) is 0 Å². The lowest BCUT2D eigenvalue weighted by Crippen LogP contribution is -1.97. The molecule has 1 heteroatoms. The highest BCUT2D eigenvalue weighted by Gasteiger charge is 1.90. The van der Waals surface area contributed by atoms with Gasteiger partial charge in [0, 0.05) is 6.42 Å². The van der Waals surface area contributed by atoms with Gasteiger partial charge in [0.1, 0.15) is 0 Å². The van der Waals surface area contributed by atoms with E-state index in [1.807, 2.05) is 0 Å². The van der Waals surface area contributed by atoms with Crippen LogP contribution in [0.25, 0.3) is 0 Å². The number of hydrogen-bond acceptors (Lipinski definition) is 1. The second kappa shape index (κ2) is 11.5. The zero-order valence-corrected chi connectivity index (χ0v) is 8.73. The van der Waals surface area contributed by atoms with Crippen molar-refractivity contribution >= 4 is 0 Å². The van der Waals surface area contributed by atoms with Crippen molar-refractivity contribution < 1.29 is 0 Å². The highest BCUT2D eigenvalue weighted by atomic mass is 14.5. The maximum atomic E-state index is 5.41. The largest absolute Gasteiger partial charge is 0.330 e. The molecule has 0 amide bonds. The Bertz CT molecular complexity index is 124. The Morgan fingerprint density at radius 1 is 0.769 bits per heavy atom. The van der Waals surface area contributed by atoms with E-state index in [0.29, 0.717) is 0 Å². The molecule has 0 aromatic heterocycles. The van der Waals surface area contributed by atoms with E-state index in [1.54, 1.807) is 0 Å². The summed E-state index contributed by atoms with van der Waals surface area (Å²) >= 11 is 0. The Hall–Kier alpha value is -0.480. The molecule has 0 aliphatic rings. The maximum Gasteiger partial charge on any atom is 0.00860 e. The molecular weight excluding hydrogens is 158 g/mol. The normalized spacial score (nSPS) is 9.85. The van der Waals surface area contributed by atoms with Crippen LogP contribution in [0.15, 0.2) is 0 Å². The minimum atomic E-state index is 0.849. The minimum Gasteiger partial charge on any atom is -0.330 e. The van der Waals surface area contributed by atoms with Gasteiger partial charge in [-0.2, -0.15) is 0 Å². The van der Waals surface area contributed by atoms with Gasteiger partial charge in [-0.3, -0.25) is 0 Å². The molecule has 0 atom stereocenters. The lowest BCUT2D eigenvalue weighted by Gasteiger charge is -1.99. The third-order valence-electron chi connectivity index (χ3n) is 2.28. The lowest BCUT2D eigenvalue weighted by molar-refractivity contribution is 0.573. The van der Waals surface area contributed by atoms with Crippen molar-refractivity contribution in [2.24, 2.45) is 5.73 Å². The molecule has 0 saturated heterocycles. The van der Waals surface area contributed by atoms with Gasteiger partial charge in [0.15, 0.2) is 0 Å². The molecule has 0 aromatic rings. The molecule has 0 spiro atoms. The Kier molecular flexibility index (Phi) is 11.1. The highest BCUT2D eigenvalue weighted by molar-refractivity contribution is 4.82. The Labute approximate surface area is 83.1 Å². The predicted molar refractivity (Wildman–Crippen MR) is 59.4 cm³/mol. The summed E-state index contributed by atoms with van der Waals surface area (Å²) in [5, 5.41) is 0. The molecule has 0 aliphatic heterocycles. The molecule has 0 aliphatic carbocycles. The van der Waals surface area contributed by atoms with Gasteiger partial charge in [-0.1, -0.05) is 38.5 Å². The second-order valence-electron chi connectivity index (χ2n) is 3.57. The number of unbranched alkanes of at least 4 members (excludes halogenated alkanes) is 8. The number of rotatable bonds is 9. The summed E-state index contributed by atoms with van der Waals surface area (Å²) in [5.41, 5.74) is 5.41. The van der Waals surface area contributed by atoms with E-state index < -0.39 is 0 Å². The number of terminal acetylenes is 1. The Morgan fingerprint density at radius 2 is 1.23 bits per heavy atom. The van der Waals surface area contributed by atoms with Gasteiger partial charge in [-0.15, -0.1) is 12.3 Å². The maximum absolute atomic E-state index is 5.41. The summed E-state index contributed by atoms with van der Waals surface area (Å²) in [5.74, 6) is 2.67. The third kappa shape index (κ3) is 11.5. The van der Waals surface area contributed by atoms with Gasteiger partial charge in [0.05, 0.1) is 0 Å². The van der Waals surface area contributed by atoms with Gasteiger partial charge in [0.25, 0.3) is 0 Å². The van der Waals surface area contributed by atoms with Crippen molar-refractivity contribution in [2.75, 3.05) is 6.54 Å². The van der Waals surface area contributed by atoms with Crippen LogP contribution in [0.2, 0.25) is 0 Å². The van der Waals surface area contributed by atoms with E-state index in [1.165, 1.54) is 51.4 Å². The van der Waals surface area contributed by atoms with E-state index in [-0.39, 0.29) is 0 Å². The molecule has 0 radical (unpaired) electrons. The first kappa shape index (κ1) is 12.5. The molecule has 0 rings (SSSR count). The van der Waals surface area contributed by atoms with Crippen LogP contribution in [0.5, 0.6) is 0 Å². The number of hydrogen-bond donors (Lipinski definition) is 1. The summed E-state index contributed by atoms with van der Waals surface area (Å²) in [4.78, 5) is 0. The fraction of sp³-hybridized carbons (Fsp3) is 0.833. The van der Waals surface area contributed by atoms with Crippen LogP contribution in [0.4, 0.5) is 0 Å². The molecule has 13 heavy (non-hydrogen) atoms. The van der Waals surface area contributed by atoms with E-state index in [2.05, 4.69) is 5.92 Å².